The van der Waals surface area contributed by atoms with Crippen LogP contribution >= 0.6 is 0 Å². The number of rotatable bonds is 4. The van der Waals surface area contributed by atoms with E-state index in [1.165, 1.54) is 0 Å². The average molecular weight is 185 g/mol. The molecule has 1 amide bonds. The van der Waals surface area contributed by atoms with Crippen LogP contribution in [0.3, 0.4) is 0 Å². The molecule has 0 fully saturated rings. The molecule has 2 nitrogen and oxygen atoms in total. The van der Waals surface area contributed by atoms with E-state index in [1.807, 2.05) is 18.7 Å². The van der Waals surface area contributed by atoms with Gasteiger partial charge in [0, 0.05) is 19.5 Å². The Morgan fingerprint density at radius 1 is 1.23 bits per heavy atom. The van der Waals surface area contributed by atoms with E-state index in [0.29, 0.717) is 11.8 Å². The van der Waals surface area contributed by atoms with Crippen LogP contribution in [-0.4, -0.2) is 23.9 Å². The Labute approximate surface area is 82.3 Å². The van der Waals surface area contributed by atoms with Crippen LogP contribution in [0.4, 0.5) is 0 Å². The van der Waals surface area contributed by atoms with Gasteiger partial charge < -0.3 is 4.90 Å². The second-order valence-corrected chi connectivity index (χ2v) is 4.64. The molecule has 0 N–H and O–H groups in total. The van der Waals surface area contributed by atoms with Crippen LogP contribution in [0.25, 0.3) is 0 Å². The Bertz CT molecular complexity index is 158. The summed E-state index contributed by atoms with van der Waals surface area (Å²) in [4.78, 5) is 13.3. The Balaban J connectivity index is 3.93. The van der Waals surface area contributed by atoms with Crippen molar-refractivity contribution in [2.24, 2.45) is 5.41 Å². The monoisotopic (exact) mass is 185 g/mol. The van der Waals surface area contributed by atoms with E-state index in [2.05, 4.69) is 20.8 Å². The van der Waals surface area contributed by atoms with Crippen LogP contribution in [-0.2, 0) is 4.79 Å². The van der Waals surface area contributed by atoms with Gasteiger partial charge in [-0.15, -0.1) is 0 Å². The molecule has 0 saturated heterocycles. The third-order valence-corrected chi connectivity index (χ3v) is 2.17. The van der Waals surface area contributed by atoms with Gasteiger partial charge in [0.2, 0.25) is 5.91 Å². The smallest absolute Gasteiger partial charge is 0.222 e. The van der Waals surface area contributed by atoms with Crippen LogP contribution in [0.2, 0.25) is 0 Å². The lowest BCUT2D eigenvalue weighted by molar-refractivity contribution is -0.130. The molecule has 0 saturated carbocycles. The summed E-state index contributed by atoms with van der Waals surface area (Å²) >= 11 is 0. The number of carbonyl (C=O) groups is 1. The van der Waals surface area contributed by atoms with Gasteiger partial charge in [0.15, 0.2) is 0 Å². The molecule has 0 unspecified atom stereocenters. The number of amides is 1. The van der Waals surface area contributed by atoms with Crippen molar-refractivity contribution in [1.82, 2.24) is 4.90 Å². The highest BCUT2D eigenvalue weighted by molar-refractivity contribution is 5.75. The predicted molar refractivity (Wildman–Crippen MR) is 56.6 cm³/mol. The SMILES string of the molecule is CCC(=O)N(CC)CCC(C)(C)C. The zero-order valence-corrected chi connectivity index (χ0v) is 9.68. The molecule has 0 atom stereocenters. The molecule has 2 heteroatoms. The molecule has 78 valence electrons. The van der Waals surface area contributed by atoms with Crippen molar-refractivity contribution >= 4 is 5.91 Å². The summed E-state index contributed by atoms with van der Waals surface area (Å²) in [6.45, 7) is 12.3. The van der Waals surface area contributed by atoms with Gasteiger partial charge in [0.1, 0.15) is 0 Å². The van der Waals surface area contributed by atoms with Gasteiger partial charge in [-0.05, 0) is 18.8 Å². The van der Waals surface area contributed by atoms with Gasteiger partial charge in [-0.1, -0.05) is 27.7 Å². The minimum absolute atomic E-state index is 0.270. The van der Waals surface area contributed by atoms with Crippen molar-refractivity contribution in [2.75, 3.05) is 13.1 Å². The molecule has 13 heavy (non-hydrogen) atoms. The number of carbonyl (C=O) groups excluding carboxylic acids is 1. The molecule has 0 aliphatic carbocycles. The lowest BCUT2D eigenvalue weighted by atomic mass is 9.92. The average Bonchev–Trinajstić information content (AvgIpc) is 2.03. The van der Waals surface area contributed by atoms with Crippen LogP contribution < -0.4 is 0 Å². The van der Waals surface area contributed by atoms with Gasteiger partial charge >= 0.3 is 0 Å². The molecular weight excluding hydrogens is 162 g/mol. The number of hydrogen-bond donors (Lipinski definition) is 0. The van der Waals surface area contributed by atoms with Crippen molar-refractivity contribution < 1.29 is 4.79 Å². The standard InChI is InChI=1S/C11H23NO/c1-6-10(13)12(7-2)9-8-11(3,4)5/h6-9H2,1-5H3. The summed E-state index contributed by atoms with van der Waals surface area (Å²) in [7, 11) is 0. The maximum atomic E-state index is 11.4. The number of nitrogens with zero attached hydrogens (tertiary/aromatic N) is 1. The van der Waals surface area contributed by atoms with E-state index >= 15 is 0 Å². The second-order valence-electron chi connectivity index (χ2n) is 4.64. The highest BCUT2D eigenvalue weighted by Crippen LogP contribution is 2.18. The first-order valence-corrected chi connectivity index (χ1v) is 5.18. The van der Waals surface area contributed by atoms with E-state index in [9.17, 15) is 4.79 Å². The topological polar surface area (TPSA) is 20.3 Å². The maximum absolute atomic E-state index is 11.4. The largest absolute Gasteiger partial charge is 0.343 e. The van der Waals surface area contributed by atoms with Crippen molar-refractivity contribution in [1.29, 1.82) is 0 Å². The Hall–Kier alpha value is -0.530. The molecule has 0 radical (unpaired) electrons. The van der Waals surface area contributed by atoms with Crippen LogP contribution in [0.15, 0.2) is 0 Å². The molecule has 0 aliphatic rings. The summed E-state index contributed by atoms with van der Waals surface area (Å²) in [6, 6.07) is 0. The molecule has 0 heterocycles. The van der Waals surface area contributed by atoms with Gasteiger partial charge in [0.25, 0.3) is 0 Å². The highest BCUT2D eigenvalue weighted by Gasteiger charge is 2.14. The summed E-state index contributed by atoms with van der Waals surface area (Å²) in [5.74, 6) is 0.270. The third kappa shape index (κ3) is 5.67. The third-order valence-electron chi connectivity index (χ3n) is 2.17. The zero-order valence-electron chi connectivity index (χ0n) is 9.68. The van der Waals surface area contributed by atoms with E-state index in [4.69, 9.17) is 0 Å². The first kappa shape index (κ1) is 12.5. The molecular formula is C11H23NO. The second kappa shape index (κ2) is 5.25. The van der Waals surface area contributed by atoms with Gasteiger partial charge in [-0.3, -0.25) is 4.79 Å². The molecule has 0 bridgehead atoms. The Morgan fingerprint density at radius 3 is 2.08 bits per heavy atom. The number of hydrogen-bond acceptors (Lipinski definition) is 1. The van der Waals surface area contributed by atoms with Crippen LogP contribution in [0.1, 0.15) is 47.5 Å². The van der Waals surface area contributed by atoms with Crippen molar-refractivity contribution in [3.63, 3.8) is 0 Å². The van der Waals surface area contributed by atoms with Gasteiger partial charge in [0.05, 0.1) is 0 Å². The van der Waals surface area contributed by atoms with E-state index in [0.717, 1.165) is 19.5 Å². The normalized spacial score (nSPS) is 11.5. The van der Waals surface area contributed by atoms with Gasteiger partial charge in [-0.2, -0.15) is 0 Å². The molecule has 0 aromatic heterocycles. The zero-order chi connectivity index (χ0) is 10.5. The van der Waals surface area contributed by atoms with E-state index < -0.39 is 0 Å². The quantitative estimate of drug-likeness (QED) is 0.659. The van der Waals surface area contributed by atoms with Crippen LogP contribution in [0, 0.1) is 5.41 Å². The fraction of sp³-hybridized carbons (Fsp3) is 0.909. The maximum Gasteiger partial charge on any atom is 0.222 e. The lowest BCUT2D eigenvalue weighted by Crippen LogP contribution is -2.32. The Kier molecular flexibility index (Phi) is 5.04. The van der Waals surface area contributed by atoms with Crippen molar-refractivity contribution in [2.45, 2.75) is 47.5 Å². The first-order valence-electron chi connectivity index (χ1n) is 5.18. The Morgan fingerprint density at radius 2 is 1.77 bits per heavy atom. The van der Waals surface area contributed by atoms with Gasteiger partial charge in [-0.25, -0.2) is 0 Å². The first-order chi connectivity index (χ1) is 5.90. The fourth-order valence-electron chi connectivity index (χ4n) is 1.15. The minimum Gasteiger partial charge on any atom is -0.343 e. The molecule has 0 aliphatic heterocycles. The van der Waals surface area contributed by atoms with Crippen molar-refractivity contribution in [3.05, 3.63) is 0 Å². The summed E-state index contributed by atoms with van der Waals surface area (Å²) in [5.41, 5.74) is 0.321. The highest BCUT2D eigenvalue weighted by atomic mass is 16.2. The molecule has 0 spiro atoms. The summed E-state index contributed by atoms with van der Waals surface area (Å²) in [6.07, 6.45) is 1.70. The predicted octanol–water partition coefficient (Wildman–Crippen LogP) is 2.68. The molecule has 0 aromatic carbocycles. The molecule has 0 aromatic rings. The molecule has 0 rings (SSSR count). The van der Waals surface area contributed by atoms with E-state index in [-0.39, 0.29) is 5.91 Å². The summed E-state index contributed by atoms with van der Waals surface area (Å²) in [5, 5.41) is 0. The van der Waals surface area contributed by atoms with Crippen LogP contribution in [0.5, 0.6) is 0 Å². The van der Waals surface area contributed by atoms with Crippen molar-refractivity contribution in [3.8, 4) is 0 Å². The van der Waals surface area contributed by atoms with E-state index in [1.54, 1.807) is 0 Å². The fourth-order valence-corrected chi connectivity index (χ4v) is 1.15. The summed E-state index contributed by atoms with van der Waals surface area (Å²) < 4.78 is 0. The lowest BCUT2D eigenvalue weighted by Gasteiger charge is -2.25. The minimum atomic E-state index is 0.270.